The normalized spacial score (nSPS) is 17.0. The van der Waals surface area contributed by atoms with E-state index in [2.05, 4.69) is 16.0 Å². The molecule has 1 heterocycles. The fraction of sp³-hybridized carbons (Fsp3) is 0.281. The van der Waals surface area contributed by atoms with Gasteiger partial charge in [0.05, 0.1) is 31.9 Å². The summed E-state index contributed by atoms with van der Waals surface area (Å²) < 4.78 is 39.3. The molecule has 0 saturated carbocycles. The molecule has 2 aliphatic rings. The number of amides is 2. The van der Waals surface area contributed by atoms with Crippen molar-refractivity contribution in [2.75, 3.05) is 39.5 Å². The van der Waals surface area contributed by atoms with E-state index >= 15 is 0 Å². The second-order valence-electron chi connectivity index (χ2n) is 10.2. The smallest absolute Gasteiger partial charge is 0.251 e. The maximum absolute atomic E-state index is 14.7. The monoisotopic (exact) mass is 591 g/mol. The highest BCUT2D eigenvalue weighted by Gasteiger charge is 2.30. The van der Waals surface area contributed by atoms with Crippen molar-refractivity contribution in [1.29, 1.82) is 0 Å². The predicted octanol–water partition coefficient (Wildman–Crippen LogP) is 2.65. The maximum Gasteiger partial charge on any atom is 0.251 e. The van der Waals surface area contributed by atoms with Gasteiger partial charge in [-0.2, -0.15) is 0 Å². The van der Waals surface area contributed by atoms with Gasteiger partial charge in [-0.15, -0.1) is 0 Å². The van der Waals surface area contributed by atoms with Gasteiger partial charge in [0.25, 0.3) is 11.8 Å². The fourth-order valence-corrected chi connectivity index (χ4v) is 5.04. The first kappa shape index (κ1) is 30.0. The molecular formula is C32H31F2N3O6. The summed E-state index contributed by atoms with van der Waals surface area (Å²) >= 11 is 0. The van der Waals surface area contributed by atoms with Gasteiger partial charge in [0, 0.05) is 29.8 Å². The minimum atomic E-state index is -1.35. The average Bonchev–Trinajstić information content (AvgIpc) is 3.67. The van der Waals surface area contributed by atoms with Crippen LogP contribution >= 0.6 is 0 Å². The van der Waals surface area contributed by atoms with Crippen molar-refractivity contribution in [3.8, 4) is 5.75 Å². The molecule has 0 bridgehead atoms. The Morgan fingerprint density at radius 3 is 2.26 bits per heavy atom. The van der Waals surface area contributed by atoms with Crippen molar-refractivity contribution < 1.29 is 37.7 Å². The van der Waals surface area contributed by atoms with Crippen molar-refractivity contribution in [2.45, 2.75) is 18.5 Å². The van der Waals surface area contributed by atoms with Crippen LogP contribution in [0.3, 0.4) is 0 Å². The number of carbonyl (C=O) groups is 3. The zero-order chi connectivity index (χ0) is 30.3. The topological polar surface area (TPSA) is 126 Å². The molecule has 1 fully saturated rings. The number of fused-ring (bicyclic) bond motifs is 1. The zero-order valence-electron chi connectivity index (χ0n) is 23.2. The first-order valence-electron chi connectivity index (χ1n) is 13.9. The van der Waals surface area contributed by atoms with E-state index in [1.165, 1.54) is 24.3 Å². The summed E-state index contributed by atoms with van der Waals surface area (Å²) in [6, 6.07) is 12.4. The molecule has 1 saturated heterocycles. The highest BCUT2D eigenvalue weighted by molar-refractivity contribution is 6.11. The second-order valence-corrected chi connectivity index (χ2v) is 10.2. The van der Waals surface area contributed by atoms with Crippen LogP contribution in [0.25, 0.3) is 6.08 Å². The predicted molar refractivity (Wildman–Crippen MR) is 154 cm³/mol. The number of aliphatic hydroxyl groups is 1. The van der Waals surface area contributed by atoms with E-state index in [-0.39, 0.29) is 61.3 Å². The van der Waals surface area contributed by atoms with E-state index in [1.54, 1.807) is 6.07 Å². The summed E-state index contributed by atoms with van der Waals surface area (Å²) in [5.41, 5.74) is 2.45. The number of rotatable bonds is 12. The third-order valence-corrected chi connectivity index (χ3v) is 7.30. The van der Waals surface area contributed by atoms with Gasteiger partial charge in [-0.05, 0) is 53.9 Å². The Labute approximate surface area is 246 Å². The van der Waals surface area contributed by atoms with Crippen molar-refractivity contribution in [2.24, 2.45) is 0 Å². The molecule has 2 atom stereocenters. The Hall–Kier alpha value is -4.45. The Bertz CT molecular complexity index is 1540. The Morgan fingerprint density at radius 2 is 1.53 bits per heavy atom. The Morgan fingerprint density at radius 1 is 0.860 bits per heavy atom. The number of halogens is 2. The van der Waals surface area contributed by atoms with Gasteiger partial charge in [-0.1, -0.05) is 30.4 Å². The molecule has 43 heavy (non-hydrogen) atoms. The molecule has 11 heteroatoms. The van der Waals surface area contributed by atoms with Gasteiger partial charge in [-0.3, -0.25) is 14.4 Å². The number of allylic oxidation sites excluding steroid dienone is 1. The molecule has 0 radical (unpaired) electrons. The number of ketones is 1. The van der Waals surface area contributed by atoms with Crippen LogP contribution in [0, 0.1) is 11.6 Å². The first-order chi connectivity index (χ1) is 20.9. The van der Waals surface area contributed by atoms with E-state index < -0.39 is 28.9 Å². The summed E-state index contributed by atoms with van der Waals surface area (Å²) in [6.45, 7) is 0.871. The van der Waals surface area contributed by atoms with Crippen LogP contribution in [-0.2, 0) is 11.2 Å². The average molecular weight is 592 g/mol. The van der Waals surface area contributed by atoms with E-state index in [4.69, 9.17) is 14.6 Å². The molecule has 224 valence electrons. The molecule has 9 nitrogen and oxygen atoms in total. The van der Waals surface area contributed by atoms with Gasteiger partial charge in [0.15, 0.2) is 17.4 Å². The quantitative estimate of drug-likeness (QED) is 0.189. The van der Waals surface area contributed by atoms with Crippen molar-refractivity contribution >= 4 is 23.7 Å². The number of hydrogen-bond acceptors (Lipinski definition) is 7. The number of aliphatic hydroxyl groups excluding tert-OH is 1. The number of hydrogen-bond donors (Lipinski definition) is 4. The zero-order valence-corrected chi connectivity index (χ0v) is 23.2. The maximum atomic E-state index is 14.7. The summed E-state index contributed by atoms with van der Waals surface area (Å²) in [7, 11) is 0. The Balaban J connectivity index is 1.21. The number of ether oxygens (including phenoxy) is 2. The van der Waals surface area contributed by atoms with Crippen LogP contribution in [0.4, 0.5) is 8.78 Å². The molecule has 0 aromatic heterocycles. The second kappa shape index (κ2) is 13.7. The molecular weight excluding hydrogens is 560 g/mol. The lowest BCUT2D eigenvalue weighted by atomic mass is 10.00. The summed E-state index contributed by atoms with van der Waals surface area (Å²) in [4.78, 5) is 39.1. The van der Waals surface area contributed by atoms with Crippen molar-refractivity contribution in [3.63, 3.8) is 0 Å². The standard InChI is InChI=1S/C32H31F2N3O6/c33-24-10-11-27(43-15-14-42-13-12-38)28(29(24)34)30(39)20-5-7-21(8-6-20)31(40)36-25-17-35-18-26(25)37-32(41)23-9-4-19-2-1-3-22(19)16-23/h1-2,4-11,16,25-26,35,38H,3,12-15,17-18H2,(H,36,40)(H,37,41)/t25-,26+/m1/s1. The van der Waals surface area contributed by atoms with Gasteiger partial charge < -0.3 is 30.5 Å². The van der Waals surface area contributed by atoms with Crippen LogP contribution in [0.2, 0.25) is 0 Å². The molecule has 1 aliphatic heterocycles. The first-order valence-corrected chi connectivity index (χ1v) is 13.9. The van der Waals surface area contributed by atoms with E-state index in [0.717, 1.165) is 29.7 Å². The third kappa shape index (κ3) is 6.96. The highest BCUT2D eigenvalue weighted by Crippen LogP contribution is 2.27. The highest BCUT2D eigenvalue weighted by atomic mass is 19.2. The molecule has 1 aliphatic carbocycles. The lowest BCUT2D eigenvalue weighted by molar-refractivity contribution is 0.0700. The molecule has 5 rings (SSSR count). The van der Waals surface area contributed by atoms with E-state index in [9.17, 15) is 23.2 Å². The van der Waals surface area contributed by atoms with E-state index in [0.29, 0.717) is 18.7 Å². The largest absolute Gasteiger partial charge is 0.490 e. The van der Waals surface area contributed by atoms with Gasteiger partial charge >= 0.3 is 0 Å². The van der Waals surface area contributed by atoms with Crippen LogP contribution in [0.1, 0.15) is 47.8 Å². The fourth-order valence-electron chi connectivity index (χ4n) is 5.04. The van der Waals surface area contributed by atoms with E-state index in [1.807, 2.05) is 24.3 Å². The summed E-state index contributed by atoms with van der Waals surface area (Å²) in [6.07, 6.45) is 4.86. The van der Waals surface area contributed by atoms with Gasteiger partial charge in [0.2, 0.25) is 0 Å². The van der Waals surface area contributed by atoms with Crippen LogP contribution in [-0.4, -0.2) is 74.3 Å². The summed E-state index contributed by atoms with van der Waals surface area (Å²) in [5.74, 6) is -4.17. The SMILES string of the molecule is O=C(N[C@H]1CNC[C@H]1NC(=O)c1ccc(C(=O)c2c(OCCOCCO)ccc(F)c2F)cc1)c1ccc2c(c1)CC=C2. The third-order valence-electron chi connectivity index (χ3n) is 7.30. The molecule has 0 spiro atoms. The van der Waals surface area contributed by atoms with Gasteiger partial charge in [0.1, 0.15) is 17.9 Å². The lowest BCUT2D eigenvalue weighted by Gasteiger charge is -2.21. The minimum absolute atomic E-state index is 0.0275. The molecule has 3 aromatic carbocycles. The van der Waals surface area contributed by atoms with Crippen molar-refractivity contribution in [3.05, 3.63) is 106 Å². The van der Waals surface area contributed by atoms with Crippen LogP contribution < -0.4 is 20.7 Å². The van der Waals surface area contributed by atoms with Crippen LogP contribution in [0.5, 0.6) is 5.75 Å². The van der Waals surface area contributed by atoms with Crippen molar-refractivity contribution in [1.82, 2.24) is 16.0 Å². The Kier molecular flexibility index (Phi) is 9.55. The number of carbonyl (C=O) groups excluding carboxylic acids is 3. The lowest BCUT2D eigenvalue weighted by Crippen LogP contribution is -2.51. The molecule has 4 N–H and O–H groups in total. The van der Waals surface area contributed by atoms with Crippen LogP contribution in [0.15, 0.2) is 60.7 Å². The molecule has 0 unspecified atom stereocenters. The van der Waals surface area contributed by atoms with Gasteiger partial charge in [-0.25, -0.2) is 8.78 Å². The molecule has 2 amide bonds. The molecule has 3 aromatic rings. The number of nitrogens with one attached hydrogen (secondary N) is 3. The number of benzene rings is 3. The minimum Gasteiger partial charge on any atom is -0.490 e. The summed E-state index contributed by atoms with van der Waals surface area (Å²) in [5, 5.41) is 17.9.